The summed E-state index contributed by atoms with van der Waals surface area (Å²) in [7, 11) is 1.85. The van der Waals surface area contributed by atoms with E-state index in [2.05, 4.69) is 29.5 Å². The van der Waals surface area contributed by atoms with Crippen molar-refractivity contribution < 1.29 is 0 Å². The van der Waals surface area contributed by atoms with Crippen LogP contribution in [0.15, 0.2) is 30.5 Å². The first-order valence-corrected chi connectivity index (χ1v) is 4.78. The number of aromatic nitrogens is 2. The summed E-state index contributed by atoms with van der Waals surface area (Å²) in [4.78, 5) is 0. The summed E-state index contributed by atoms with van der Waals surface area (Å²) in [6.45, 7) is 2.05. The van der Waals surface area contributed by atoms with Crippen LogP contribution in [-0.4, -0.2) is 9.78 Å². The number of aryl methyl sites for hydroxylation is 2. The topological polar surface area (TPSA) is 55.9 Å². The first-order chi connectivity index (χ1) is 7.15. The molecule has 0 unspecified atom stereocenters. The van der Waals surface area contributed by atoms with Gasteiger partial charge in [0.15, 0.2) is 5.82 Å². The molecule has 0 spiro atoms. The molecule has 2 rings (SSSR count). The molecule has 2 aromatic rings. The van der Waals surface area contributed by atoms with E-state index in [4.69, 9.17) is 5.73 Å². The van der Waals surface area contributed by atoms with E-state index in [0.29, 0.717) is 5.82 Å². The van der Waals surface area contributed by atoms with E-state index in [-0.39, 0.29) is 0 Å². The third kappa shape index (κ3) is 2.10. The number of anilines is 3. The number of nitrogens with two attached hydrogens (primary N) is 1. The Bertz CT molecular complexity index is 473. The summed E-state index contributed by atoms with van der Waals surface area (Å²) in [6.07, 6.45) is 1.86. The molecule has 0 amide bonds. The maximum Gasteiger partial charge on any atom is 0.169 e. The van der Waals surface area contributed by atoms with E-state index in [9.17, 15) is 0 Å². The lowest BCUT2D eigenvalue weighted by molar-refractivity contribution is 0.772. The van der Waals surface area contributed by atoms with Gasteiger partial charge in [-0.05, 0) is 24.6 Å². The van der Waals surface area contributed by atoms with Gasteiger partial charge in [0.05, 0.1) is 6.20 Å². The molecule has 4 nitrogen and oxygen atoms in total. The minimum Gasteiger partial charge on any atom is -0.380 e. The summed E-state index contributed by atoms with van der Waals surface area (Å²) < 4.78 is 1.69. The molecule has 1 aromatic carbocycles. The molecule has 1 heterocycles. The average Bonchev–Trinajstić information content (AvgIpc) is 2.45. The monoisotopic (exact) mass is 202 g/mol. The summed E-state index contributed by atoms with van der Waals surface area (Å²) in [5.41, 5.74) is 8.80. The Morgan fingerprint density at radius 2 is 2.20 bits per heavy atom. The minimum absolute atomic E-state index is 0.513. The van der Waals surface area contributed by atoms with Crippen LogP contribution < -0.4 is 11.1 Å². The average molecular weight is 202 g/mol. The van der Waals surface area contributed by atoms with Gasteiger partial charge in [0.1, 0.15) is 5.69 Å². The second-order valence-corrected chi connectivity index (χ2v) is 3.60. The lowest BCUT2D eigenvalue weighted by atomic mass is 10.2. The first kappa shape index (κ1) is 9.58. The van der Waals surface area contributed by atoms with Gasteiger partial charge < -0.3 is 11.1 Å². The van der Waals surface area contributed by atoms with Crippen molar-refractivity contribution in [3.8, 4) is 0 Å². The molecule has 0 radical (unpaired) electrons. The van der Waals surface area contributed by atoms with Crippen molar-refractivity contribution in [1.82, 2.24) is 9.78 Å². The van der Waals surface area contributed by atoms with E-state index in [0.717, 1.165) is 11.4 Å². The second-order valence-electron chi connectivity index (χ2n) is 3.60. The highest BCUT2D eigenvalue weighted by Crippen LogP contribution is 2.21. The molecule has 78 valence electrons. The Labute approximate surface area is 88.7 Å². The van der Waals surface area contributed by atoms with Crippen molar-refractivity contribution in [3.05, 3.63) is 36.0 Å². The van der Waals surface area contributed by atoms with Crippen molar-refractivity contribution in [2.45, 2.75) is 6.92 Å². The molecule has 3 N–H and O–H groups in total. The van der Waals surface area contributed by atoms with Gasteiger partial charge in [-0.15, -0.1) is 0 Å². The quantitative estimate of drug-likeness (QED) is 0.783. The number of benzene rings is 1. The first-order valence-electron chi connectivity index (χ1n) is 4.78. The van der Waals surface area contributed by atoms with Crippen LogP contribution in [-0.2, 0) is 7.05 Å². The van der Waals surface area contributed by atoms with Gasteiger partial charge in [-0.2, -0.15) is 5.10 Å². The molecule has 0 atom stereocenters. The smallest absolute Gasteiger partial charge is 0.169 e. The van der Waals surface area contributed by atoms with E-state index in [1.54, 1.807) is 4.68 Å². The van der Waals surface area contributed by atoms with Crippen molar-refractivity contribution in [3.63, 3.8) is 0 Å². The fourth-order valence-electron chi connectivity index (χ4n) is 1.48. The van der Waals surface area contributed by atoms with Gasteiger partial charge in [0, 0.05) is 12.7 Å². The predicted octanol–water partition coefficient (Wildman–Crippen LogP) is 2.05. The number of nitrogens with zero attached hydrogens (tertiary/aromatic N) is 2. The predicted molar refractivity (Wildman–Crippen MR) is 62.1 cm³/mol. The summed E-state index contributed by atoms with van der Waals surface area (Å²) in [6, 6.07) is 8.12. The maximum atomic E-state index is 5.73. The molecule has 0 bridgehead atoms. The number of rotatable bonds is 2. The van der Waals surface area contributed by atoms with Crippen LogP contribution in [0.2, 0.25) is 0 Å². The van der Waals surface area contributed by atoms with Gasteiger partial charge in [-0.25, -0.2) is 0 Å². The van der Waals surface area contributed by atoms with Crippen LogP contribution in [0.5, 0.6) is 0 Å². The van der Waals surface area contributed by atoms with Crippen molar-refractivity contribution in [2.75, 3.05) is 11.1 Å². The summed E-state index contributed by atoms with van der Waals surface area (Å²) in [5.74, 6) is 0.513. The largest absolute Gasteiger partial charge is 0.380 e. The van der Waals surface area contributed by atoms with Gasteiger partial charge >= 0.3 is 0 Å². The molecule has 0 aliphatic carbocycles. The summed E-state index contributed by atoms with van der Waals surface area (Å²) in [5, 5.41) is 7.29. The molecule has 0 aliphatic heterocycles. The molecule has 15 heavy (non-hydrogen) atoms. The Morgan fingerprint density at radius 1 is 1.40 bits per heavy atom. The van der Waals surface area contributed by atoms with Crippen LogP contribution in [0.25, 0.3) is 0 Å². The van der Waals surface area contributed by atoms with Crippen LogP contribution in [0.1, 0.15) is 5.56 Å². The zero-order valence-electron chi connectivity index (χ0n) is 8.86. The lowest BCUT2D eigenvalue weighted by Gasteiger charge is -2.04. The number of nitrogens with one attached hydrogen (secondary N) is 1. The Balaban J connectivity index is 2.25. The summed E-state index contributed by atoms with van der Waals surface area (Å²) >= 11 is 0. The number of hydrogen-bond donors (Lipinski definition) is 2. The van der Waals surface area contributed by atoms with Gasteiger partial charge in [0.2, 0.25) is 0 Å². The zero-order valence-corrected chi connectivity index (χ0v) is 8.86. The van der Waals surface area contributed by atoms with Crippen molar-refractivity contribution in [2.24, 2.45) is 7.05 Å². The molecule has 0 saturated carbocycles. The fraction of sp³-hybridized carbons (Fsp3) is 0.182. The van der Waals surface area contributed by atoms with E-state index >= 15 is 0 Å². The molecule has 0 aliphatic rings. The highest BCUT2D eigenvalue weighted by atomic mass is 15.3. The minimum atomic E-state index is 0.513. The molecular formula is C11H14N4. The van der Waals surface area contributed by atoms with Crippen LogP contribution >= 0.6 is 0 Å². The highest BCUT2D eigenvalue weighted by molar-refractivity contribution is 5.69. The van der Waals surface area contributed by atoms with E-state index in [1.165, 1.54) is 5.56 Å². The molecule has 4 heteroatoms. The van der Waals surface area contributed by atoms with Gasteiger partial charge in [-0.3, -0.25) is 4.68 Å². The van der Waals surface area contributed by atoms with Gasteiger partial charge in [-0.1, -0.05) is 12.1 Å². The second kappa shape index (κ2) is 3.65. The van der Waals surface area contributed by atoms with Crippen LogP contribution in [0, 0.1) is 6.92 Å². The standard InChI is InChI=1S/C11H14N4/c1-8-4-3-5-9(6-8)13-10-7-15(2)14-11(10)12/h3-7,13H,1-2H3,(H2,12,14). The molecule has 1 aromatic heterocycles. The highest BCUT2D eigenvalue weighted by Gasteiger charge is 2.03. The third-order valence-corrected chi connectivity index (χ3v) is 2.15. The normalized spacial score (nSPS) is 10.3. The molecule has 0 fully saturated rings. The van der Waals surface area contributed by atoms with Crippen molar-refractivity contribution >= 4 is 17.2 Å². The van der Waals surface area contributed by atoms with Gasteiger partial charge in [0.25, 0.3) is 0 Å². The lowest BCUT2D eigenvalue weighted by Crippen LogP contribution is -1.94. The Hall–Kier alpha value is -1.97. The van der Waals surface area contributed by atoms with E-state index in [1.807, 2.05) is 25.4 Å². The molecular weight excluding hydrogens is 188 g/mol. The third-order valence-electron chi connectivity index (χ3n) is 2.15. The van der Waals surface area contributed by atoms with E-state index < -0.39 is 0 Å². The van der Waals surface area contributed by atoms with Crippen LogP contribution in [0.3, 0.4) is 0 Å². The Morgan fingerprint density at radius 3 is 2.80 bits per heavy atom. The van der Waals surface area contributed by atoms with Crippen molar-refractivity contribution in [1.29, 1.82) is 0 Å². The maximum absolute atomic E-state index is 5.73. The zero-order chi connectivity index (χ0) is 10.8. The SMILES string of the molecule is Cc1cccc(Nc2cn(C)nc2N)c1. The fourth-order valence-corrected chi connectivity index (χ4v) is 1.48. The van der Waals surface area contributed by atoms with Crippen LogP contribution in [0.4, 0.5) is 17.2 Å². The molecule has 0 saturated heterocycles. The number of nitrogen functional groups attached to an aromatic ring is 1. The Kier molecular flexibility index (Phi) is 2.33. The number of hydrogen-bond acceptors (Lipinski definition) is 3.